The lowest BCUT2D eigenvalue weighted by Gasteiger charge is -2.42. The second kappa shape index (κ2) is 6.09. The quantitative estimate of drug-likeness (QED) is 0.799. The lowest BCUT2D eigenvalue weighted by Crippen LogP contribution is -2.60. The second-order valence-corrected chi connectivity index (χ2v) is 6.39. The van der Waals surface area contributed by atoms with Crippen LogP contribution in [-0.4, -0.2) is 34.1 Å². The Labute approximate surface area is 140 Å². The van der Waals surface area contributed by atoms with Crippen LogP contribution in [0.15, 0.2) is 36.7 Å². The molecule has 7 nitrogen and oxygen atoms in total. The molecule has 1 atom stereocenters. The number of aromatic nitrogens is 2. The Morgan fingerprint density at radius 2 is 2.12 bits per heavy atom. The number of fused-ring (bicyclic) bond motifs is 1. The van der Waals surface area contributed by atoms with E-state index in [-0.39, 0.29) is 24.4 Å². The second-order valence-electron chi connectivity index (χ2n) is 6.39. The van der Waals surface area contributed by atoms with Crippen LogP contribution in [-0.2, 0) is 9.59 Å². The van der Waals surface area contributed by atoms with Crippen molar-refractivity contribution < 1.29 is 9.59 Å². The number of aromatic amines is 1. The van der Waals surface area contributed by atoms with Crippen molar-refractivity contribution in [1.82, 2.24) is 15.5 Å². The van der Waals surface area contributed by atoms with Crippen LogP contribution in [0.5, 0.6) is 0 Å². The van der Waals surface area contributed by atoms with Crippen LogP contribution >= 0.6 is 0 Å². The molecule has 2 amide bonds. The van der Waals surface area contributed by atoms with Gasteiger partial charge in [0.05, 0.1) is 24.1 Å². The summed E-state index contributed by atoms with van der Waals surface area (Å²) in [6.07, 6.45) is 3.51. The van der Waals surface area contributed by atoms with Crippen molar-refractivity contribution in [2.45, 2.75) is 32.4 Å². The summed E-state index contributed by atoms with van der Waals surface area (Å²) in [7, 11) is 0. The maximum Gasteiger partial charge on any atom is 0.250 e. The molecule has 0 saturated carbocycles. The van der Waals surface area contributed by atoms with Crippen molar-refractivity contribution >= 4 is 23.2 Å². The van der Waals surface area contributed by atoms with Crippen LogP contribution in [0.1, 0.15) is 32.4 Å². The maximum atomic E-state index is 12.9. The number of nitrogens with one attached hydrogen (secondary N) is 3. The molecule has 0 fully saturated rings. The highest BCUT2D eigenvalue weighted by Crippen LogP contribution is 2.36. The molecule has 24 heavy (non-hydrogen) atoms. The van der Waals surface area contributed by atoms with Gasteiger partial charge in [-0.25, -0.2) is 0 Å². The van der Waals surface area contributed by atoms with E-state index < -0.39 is 5.54 Å². The number of carbonyl (C=O) groups is 2. The molecule has 2 aromatic rings. The molecule has 0 radical (unpaired) electrons. The molecule has 1 aromatic carbocycles. The SMILES string of the molecule is CC(NCC(=O)N1c2ccccc2NC(=O)C1(C)C)c1cn[nH]c1. The van der Waals surface area contributed by atoms with E-state index in [1.807, 2.05) is 25.1 Å². The van der Waals surface area contributed by atoms with Gasteiger partial charge in [0, 0.05) is 17.8 Å². The normalized spacial score (nSPS) is 17.1. The summed E-state index contributed by atoms with van der Waals surface area (Å²) in [5.74, 6) is -0.352. The summed E-state index contributed by atoms with van der Waals surface area (Å²) < 4.78 is 0. The van der Waals surface area contributed by atoms with Gasteiger partial charge in [0.25, 0.3) is 0 Å². The Morgan fingerprint density at radius 3 is 2.83 bits per heavy atom. The number of amides is 2. The Kier molecular flexibility index (Phi) is 4.11. The Morgan fingerprint density at radius 1 is 1.38 bits per heavy atom. The van der Waals surface area contributed by atoms with E-state index in [1.165, 1.54) is 0 Å². The van der Waals surface area contributed by atoms with Gasteiger partial charge < -0.3 is 10.6 Å². The predicted octanol–water partition coefficient (Wildman–Crippen LogP) is 1.82. The molecule has 1 unspecified atom stereocenters. The topological polar surface area (TPSA) is 90.1 Å². The molecule has 2 heterocycles. The number of nitrogens with zero attached hydrogens (tertiary/aromatic N) is 2. The summed E-state index contributed by atoms with van der Waals surface area (Å²) >= 11 is 0. The first-order valence-electron chi connectivity index (χ1n) is 7.87. The number of hydrogen-bond donors (Lipinski definition) is 3. The lowest BCUT2D eigenvalue weighted by molar-refractivity contribution is -0.126. The van der Waals surface area contributed by atoms with Gasteiger partial charge in [0.15, 0.2) is 0 Å². The fraction of sp³-hybridized carbons (Fsp3) is 0.353. The monoisotopic (exact) mass is 327 g/mol. The first-order valence-corrected chi connectivity index (χ1v) is 7.87. The number of hydrogen-bond acceptors (Lipinski definition) is 4. The van der Waals surface area contributed by atoms with Crippen LogP contribution in [0.4, 0.5) is 11.4 Å². The van der Waals surface area contributed by atoms with Crippen molar-refractivity contribution in [2.24, 2.45) is 0 Å². The molecule has 3 N–H and O–H groups in total. The smallest absolute Gasteiger partial charge is 0.250 e. The molecular formula is C17H21N5O2. The van der Waals surface area contributed by atoms with Gasteiger partial charge in [0.2, 0.25) is 11.8 Å². The van der Waals surface area contributed by atoms with Crippen LogP contribution in [0.3, 0.4) is 0 Å². The molecule has 0 bridgehead atoms. The number of benzene rings is 1. The summed E-state index contributed by atoms with van der Waals surface area (Å²) in [5.41, 5.74) is 1.38. The number of H-pyrrole nitrogens is 1. The minimum atomic E-state index is -0.952. The summed E-state index contributed by atoms with van der Waals surface area (Å²) in [6, 6.07) is 7.30. The molecular weight excluding hydrogens is 306 g/mol. The molecule has 1 aliphatic rings. The highest BCUT2D eigenvalue weighted by molar-refractivity contribution is 6.14. The average molecular weight is 327 g/mol. The van der Waals surface area contributed by atoms with Gasteiger partial charge in [-0.05, 0) is 32.9 Å². The molecule has 0 saturated heterocycles. The summed E-state index contributed by atoms with van der Waals surface area (Å²) in [6.45, 7) is 5.57. The fourth-order valence-corrected chi connectivity index (χ4v) is 2.83. The number of para-hydroxylation sites is 2. The van der Waals surface area contributed by atoms with Crippen molar-refractivity contribution in [3.8, 4) is 0 Å². The van der Waals surface area contributed by atoms with Crippen LogP contribution < -0.4 is 15.5 Å². The van der Waals surface area contributed by atoms with E-state index >= 15 is 0 Å². The molecule has 1 aromatic heterocycles. The summed E-state index contributed by atoms with van der Waals surface area (Å²) in [4.78, 5) is 26.8. The maximum absolute atomic E-state index is 12.9. The van der Waals surface area contributed by atoms with Gasteiger partial charge in [-0.1, -0.05) is 12.1 Å². The first kappa shape index (κ1) is 16.2. The van der Waals surface area contributed by atoms with Crippen molar-refractivity contribution in [1.29, 1.82) is 0 Å². The third kappa shape index (κ3) is 2.78. The van der Waals surface area contributed by atoms with Crippen molar-refractivity contribution in [3.63, 3.8) is 0 Å². The zero-order valence-corrected chi connectivity index (χ0v) is 14.0. The summed E-state index contributed by atoms with van der Waals surface area (Å²) in [5, 5.41) is 12.7. The minimum absolute atomic E-state index is 0.0235. The standard InChI is InChI=1S/C17H21N5O2/c1-11(12-8-19-20-9-12)18-10-15(23)22-14-7-5-4-6-13(14)21-16(24)17(22,2)3/h4-9,11,18H,10H2,1-3H3,(H,19,20)(H,21,24). The molecule has 7 heteroatoms. The third-order valence-electron chi connectivity index (χ3n) is 4.34. The Balaban J connectivity index is 1.81. The van der Waals surface area contributed by atoms with E-state index in [4.69, 9.17) is 0 Å². The fourth-order valence-electron chi connectivity index (χ4n) is 2.83. The molecule has 126 valence electrons. The van der Waals surface area contributed by atoms with Crippen LogP contribution in [0, 0.1) is 0 Å². The number of carbonyl (C=O) groups excluding carboxylic acids is 2. The van der Waals surface area contributed by atoms with Crippen LogP contribution in [0.2, 0.25) is 0 Å². The van der Waals surface area contributed by atoms with Crippen LogP contribution in [0.25, 0.3) is 0 Å². The Bertz CT molecular complexity index is 754. The molecule has 0 aliphatic carbocycles. The van der Waals surface area contributed by atoms with E-state index in [0.717, 1.165) is 5.56 Å². The van der Waals surface area contributed by atoms with Gasteiger partial charge in [-0.2, -0.15) is 5.10 Å². The lowest BCUT2D eigenvalue weighted by atomic mass is 9.96. The van der Waals surface area contributed by atoms with Crippen molar-refractivity contribution in [2.75, 3.05) is 16.8 Å². The zero-order valence-electron chi connectivity index (χ0n) is 14.0. The third-order valence-corrected chi connectivity index (χ3v) is 4.34. The number of rotatable bonds is 4. The van der Waals surface area contributed by atoms with E-state index in [1.54, 1.807) is 37.2 Å². The van der Waals surface area contributed by atoms with E-state index in [9.17, 15) is 9.59 Å². The largest absolute Gasteiger partial charge is 0.322 e. The first-order chi connectivity index (χ1) is 11.4. The van der Waals surface area contributed by atoms with E-state index in [0.29, 0.717) is 11.4 Å². The minimum Gasteiger partial charge on any atom is -0.322 e. The zero-order chi connectivity index (χ0) is 17.3. The van der Waals surface area contributed by atoms with E-state index in [2.05, 4.69) is 20.8 Å². The van der Waals surface area contributed by atoms with Gasteiger partial charge in [0.1, 0.15) is 5.54 Å². The molecule has 1 aliphatic heterocycles. The highest BCUT2D eigenvalue weighted by Gasteiger charge is 2.43. The highest BCUT2D eigenvalue weighted by atomic mass is 16.2. The van der Waals surface area contributed by atoms with Gasteiger partial charge in [-0.15, -0.1) is 0 Å². The predicted molar refractivity (Wildman–Crippen MR) is 91.6 cm³/mol. The number of anilines is 2. The Hall–Kier alpha value is -2.67. The molecule has 3 rings (SSSR count). The average Bonchev–Trinajstić information content (AvgIpc) is 3.08. The van der Waals surface area contributed by atoms with Gasteiger partial charge in [-0.3, -0.25) is 19.6 Å². The van der Waals surface area contributed by atoms with Crippen molar-refractivity contribution in [3.05, 3.63) is 42.2 Å². The molecule has 0 spiro atoms. The van der Waals surface area contributed by atoms with Gasteiger partial charge >= 0.3 is 0 Å².